The molecule has 1 aromatic carbocycles. The van der Waals surface area contributed by atoms with Gasteiger partial charge in [-0.3, -0.25) is 0 Å². The van der Waals surface area contributed by atoms with Crippen LogP contribution in [0.3, 0.4) is 0 Å². The summed E-state index contributed by atoms with van der Waals surface area (Å²) in [7, 11) is 0. The van der Waals surface area contributed by atoms with Crippen LogP contribution in [0.4, 0.5) is 0 Å². The number of nitrogens with zero attached hydrogens (tertiary/aromatic N) is 4. The summed E-state index contributed by atoms with van der Waals surface area (Å²) in [4.78, 5) is 4.36. The Hall–Kier alpha value is -2.38. The van der Waals surface area contributed by atoms with Crippen molar-refractivity contribution < 1.29 is 0 Å². The van der Waals surface area contributed by atoms with Crippen molar-refractivity contribution in [1.82, 2.24) is 14.6 Å². The van der Waals surface area contributed by atoms with Crippen LogP contribution < -0.4 is 0 Å². The number of hydrogen-bond donors (Lipinski definition) is 0. The third kappa shape index (κ3) is 1.94. The molecule has 0 aliphatic heterocycles. The van der Waals surface area contributed by atoms with Crippen molar-refractivity contribution in [3.63, 3.8) is 0 Å². The second kappa shape index (κ2) is 4.38. The summed E-state index contributed by atoms with van der Waals surface area (Å²) in [6, 6.07) is 11.5. The number of benzene rings is 1. The van der Waals surface area contributed by atoms with E-state index in [1.165, 1.54) is 6.20 Å². The third-order valence-electron chi connectivity index (χ3n) is 2.84. The molecule has 0 aliphatic rings. The lowest BCUT2D eigenvalue weighted by molar-refractivity contribution is 0.938. The van der Waals surface area contributed by atoms with E-state index in [4.69, 9.17) is 16.9 Å². The van der Waals surface area contributed by atoms with Crippen LogP contribution in [0.2, 0.25) is 5.02 Å². The van der Waals surface area contributed by atoms with E-state index in [1.807, 2.05) is 37.3 Å². The molecule has 2 heterocycles. The molecule has 0 saturated carbocycles. The largest absolute Gasteiger partial charge is 0.233 e. The van der Waals surface area contributed by atoms with Crippen molar-refractivity contribution in [3.05, 3.63) is 52.8 Å². The quantitative estimate of drug-likeness (QED) is 0.681. The Kier molecular flexibility index (Phi) is 2.69. The maximum Gasteiger partial charge on any atom is 0.173 e. The zero-order valence-corrected chi connectivity index (χ0v) is 10.9. The highest BCUT2D eigenvalue weighted by Crippen LogP contribution is 2.24. The fourth-order valence-corrected chi connectivity index (χ4v) is 2.21. The monoisotopic (exact) mass is 268 g/mol. The van der Waals surface area contributed by atoms with Gasteiger partial charge in [0.2, 0.25) is 0 Å². The first-order chi connectivity index (χ1) is 9.19. The van der Waals surface area contributed by atoms with E-state index in [1.54, 1.807) is 4.52 Å². The molecule has 0 spiro atoms. The van der Waals surface area contributed by atoms with Gasteiger partial charge in [-0.15, -0.1) is 0 Å². The van der Waals surface area contributed by atoms with E-state index in [0.29, 0.717) is 16.2 Å². The predicted molar refractivity (Wildman–Crippen MR) is 72.9 cm³/mol. The van der Waals surface area contributed by atoms with Crippen LogP contribution in [0.5, 0.6) is 0 Å². The molecule has 0 radical (unpaired) electrons. The Bertz CT molecular complexity index is 814. The molecule has 0 amide bonds. The van der Waals surface area contributed by atoms with Crippen molar-refractivity contribution in [2.45, 2.75) is 6.92 Å². The average Bonchev–Trinajstić information content (AvgIpc) is 2.80. The standard InChI is InChI=1S/C14H9ClN4/c1-9-5-13(10-3-2-4-12(15)6-10)19-14(18-9)11(7-16)8-17-19/h2-6,8H,1H3. The van der Waals surface area contributed by atoms with Crippen molar-refractivity contribution in [3.8, 4) is 17.3 Å². The Morgan fingerprint density at radius 1 is 1.32 bits per heavy atom. The molecule has 0 N–H and O–H groups in total. The lowest BCUT2D eigenvalue weighted by atomic mass is 10.1. The molecule has 0 fully saturated rings. The fourth-order valence-electron chi connectivity index (χ4n) is 2.02. The van der Waals surface area contributed by atoms with Crippen LogP contribution in [-0.4, -0.2) is 14.6 Å². The van der Waals surface area contributed by atoms with Gasteiger partial charge in [-0.05, 0) is 25.1 Å². The number of aromatic nitrogens is 3. The van der Waals surface area contributed by atoms with E-state index in [2.05, 4.69) is 16.2 Å². The minimum Gasteiger partial charge on any atom is -0.233 e. The molecule has 0 aliphatic carbocycles. The lowest BCUT2D eigenvalue weighted by Gasteiger charge is -2.06. The van der Waals surface area contributed by atoms with Crippen LogP contribution in [0.25, 0.3) is 16.9 Å². The topological polar surface area (TPSA) is 54.0 Å². The van der Waals surface area contributed by atoms with Gasteiger partial charge in [-0.25, -0.2) is 9.50 Å². The maximum atomic E-state index is 9.06. The molecule has 4 nitrogen and oxygen atoms in total. The highest BCUT2D eigenvalue weighted by molar-refractivity contribution is 6.30. The second-order valence-corrected chi connectivity index (χ2v) is 4.64. The van der Waals surface area contributed by atoms with E-state index in [-0.39, 0.29) is 0 Å². The van der Waals surface area contributed by atoms with Crippen molar-refractivity contribution in [1.29, 1.82) is 5.26 Å². The minimum absolute atomic E-state index is 0.465. The van der Waals surface area contributed by atoms with Crippen molar-refractivity contribution in [2.24, 2.45) is 0 Å². The summed E-state index contributed by atoms with van der Waals surface area (Å²) >= 11 is 6.02. The van der Waals surface area contributed by atoms with E-state index < -0.39 is 0 Å². The van der Waals surface area contributed by atoms with Gasteiger partial charge in [0.25, 0.3) is 0 Å². The molecule has 3 rings (SSSR count). The predicted octanol–water partition coefficient (Wildman–Crippen LogP) is 3.23. The van der Waals surface area contributed by atoms with Gasteiger partial charge in [0.05, 0.1) is 11.9 Å². The lowest BCUT2D eigenvalue weighted by Crippen LogP contribution is -1.98. The summed E-state index contributed by atoms with van der Waals surface area (Å²) in [6.07, 6.45) is 1.52. The molecule has 5 heteroatoms. The van der Waals surface area contributed by atoms with E-state index in [9.17, 15) is 0 Å². The molecule has 19 heavy (non-hydrogen) atoms. The molecule has 0 saturated heterocycles. The molecular weight excluding hydrogens is 260 g/mol. The van der Waals surface area contributed by atoms with Crippen LogP contribution in [0, 0.1) is 18.3 Å². The minimum atomic E-state index is 0.465. The molecule has 0 atom stereocenters. The van der Waals surface area contributed by atoms with Crippen LogP contribution in [0.1, 0.15) is 11.3 Å². The summed E-state index contributed by atoms with van der Waals surface area (Å²) in [5.41, 5.74) is 3.67. The Morgan fingerprint density at radius 3 is 2.89 bits per heavy atom. The number of hydrogen-bond acceptors (Lipinski definition) is 3. The molecule has 0 bridgehead atoms. The first-order valence-corrected chi connectivity index (χ1v) is 6.08. The van der Waals surface area contributed by atoms with Crippen LogP contribution >= 0.6 is 11.6 Å². The molecule has 92 valence electrons. The van der Waals surface area contributed by atoms with Gasteiger partial charge in [0.15, 0.2) is 5.65 Å². The van der Waals surface area contributed by atoms with Gasteiger partial charge < -0.3 is 0 Å². The van der Waals surface area contributed by atoms with E-state index in [0.717, 1.165) is 17.0 Å². The number of fused-ring (bicyclic) bond motifs is 1. The molecule has 0 unspecified atom stereocenters. The number of aryl methyl sites for hydroxylation is 1. The fraction of sp³-hybridized carbons (Fsp3) is 0.0714. The zero-order valence-electron chi connectivity index (χ0n) is 10.1. The highest BCUT2D eigenvalue weighted by atomic mass is 35.5. The van der Waals surface area contributed by atoms with Gasteiger partial charge in [0, 0.05) is 16.3 Å². The van der Waals surface area contributed by atoms with Gasteiger partial charge in [-0.1, -0.05) is 23.7 Å². The van der Waals surface area contributed by atoms with E-state index >= 15 is 0 Å². The Labute approximate surface area is 114 Å². The molecule has 3 aromatic rings. The first kappa shape index (κ1) is 11.7. The summed E-state index contributed by atoms with van der Waals surface area (Å²) in [5, 5.41) is 13.9. The Balaban J connectivity index is 2.35. The van der Waals surface area contributed by atoms with Gasteiger partial charge in [0.1, 0.15) is 11.6 Å². The average molecular weight is 269 g/mol. The molecular formula is C14H9ClN4. The van der Waals surface area contributed by atoms with Crippen LogP contribution in [-0.2, 0) is 0 Å². The maximum absolute atomic E-state index is 9.06. The Morgan fingerprint density at radius 2 is 2.16 bits per heavy atom. The summed E-state index contributed by atoms with van der Waals surface area (Å²) in [6.45, 7) is 1.89. The SMILES string of the molecule is Cc1cc(-c2cccc(Cl)c2)n2ncc(C#N)c2n1. The summed E-state index contributed by atoms with van der Waals surface area (Å²) < 4.78 is 1.66. The number of nitriles is 1. The zero-order chi connectivity index (χ0) is 13.4. The second-order valence-electron chi connectivity index (χ2n) is 4.20. The van der Waals surface area contributed by atoms with Gasteiger partial charge in [-0.2, -0.15) is 10.4 Å². The number of rotatable bonds is 1. The normalized spacial score (nSPS) is 10.6. The smallest absolute Gasteiger partial charge is 0.173 e. The first-order valence-electron chi connectivity index (χ1n) is 5.70. The van der Waals surface area contributed by atoms with Gasteiger partial charge >= 0.3 is 0 Å². The number of halogens is 1. The summed E-state index contributed by atoms with van der Waals surface area (Å²) in [5.74, 6) is 0. The highest BCUT2D eigenvalue weighted by Gasteiger charge is 2.11. The van der Waals surface area contributed by atoms with Crippen molar-refractivity contribution in [2.75, 3.05) is 0 Å². The third-order valence-corrected chi connectivity index (χ3v) is 3.08. The molecule has 2 aromatic heterocycles. The van der Waals surface area contributed by atoms with Crippen molar-refractivity contribution >= 4 is 17.2 Å². The van der Waals surface area contributed by atoms with Crippen LogP contribution in [0.15, 0.2) is 36.5 Å².